The number of hydrogen-bond donors (Lipinski definition) is 1. The van der Waals surface area contributed by atoms with E-state index in [-0.39, 0.29) is 11.8 Å². The number of nitrogens with one attached hydrogen (secondary N) is 1. The maximum absolute atomic E-state index is 13.7. The Balaban J connectivity index is 1.45. The summed E-state index contributed by atoms with van der Waals surface area (Å²) in [4.78, 5) is 43.6. The molecule has 2 aliphatic rings. The number of aryl methyl sites for hydroxylation is 2. The summed E-state index contributed by atoms with van der Waals surface area (Å²) in [5.74, 6) is 0.505. The van der Waals surface area contributed by atoms with Crippen molar-refractivity contribution in [3.8, 4) is 0 Å². The maximum Gasteiger partial charge on any atom is 0.272 e. The van der Waals surface area contributed by atoms with Crippen molar-refractivity contribution in [2.75, 3.05) is 19.4 Å². The minimum absolute atomic E-state index is 0.103. The number of aromatic nitrogens is 5. The van der Waals surface area contributed by atoms with Crippen molar-refractivity contribution in [3.05, 3.63) is 29.2 Å². The molecule has 4 aromatic rings. The van der Waals surface area contributed by atoms with Crippen LogP contribution in [0.15, 0.2) is 17.8 Å². The topological polar surface area (TPSA) is 101 Å². The lowest BCUT2D eigenvalue weighted by molar-refractivity contribution is 0.0719. The first kappa shape index (κ1) is 22.0. The van der Waals surface area contributed by atoms with Crippen LogP contribution in [0, 0.1) is 0 Å². The molecule has 4 aromatic heterocycles. The van der Waals surface area contributed by atoms with Gasteiger partial charge >= 0.3 is 0 Å². The molecule has 6 rings (SSSR count). The van der Waals surface area contributed by atoms with Gasteiger partial charge in [-0.1, -0.05) is 0 Å². The largest absolute Gasteiger partial charge is 0.343 e. The zero-order chi connectivity index (χ0) is 24.4. The summed E-state index contributed by atoms with van der Waals surface area (Å²) in [5, 5.41) is 6.48. The van der Waals surface area contributed by atoms with Crippen molar-refractivity contribution < 1.29 is 9.59 Å². The van der Waals surface area contributed by atoms with Crippen LogP contribution in [-0.4, -0.2) is 71.9 Å². The molecule has 35 heavy (non-hydrogen) atoms. The molecule has 0 bridgehead atoms. The number of imidazole rings is 1. The predicted octanol–water partition coefficient (Wildman–Crippen LogP) is 3.61. The van der Waals surface area contributed by atoms with Gasteiger partial charge in [-0.3, -0.25) is 9.59 Å². The molecule has 0 saturated heterocycles. The van der Waals surface area contributed by atoms with Gasteiger partial charge in [0.2, 0.25) is 0 Å². The highest BCUT2D eigenvalue weighted by molar-refractivity contribution is 7.14. The lowest BCUT2D eigenvalue weighted by Gasteiger charge is -2.22. The summed E-state index contributed by atoms with van der Waals surface area (Å²) in [7, 11) is 5.35. The molecule has 2 saturated carbocycles. The van der Waals surface area contributed by atoms with Crippen molar-refractivity contribution >= 4 is 56.2 Å². The number of pyridine rings is 1. The fraction of sp³-hybridized carbons (Fsp3) is 0.458. The predicted molar refractivity (Wildman–Crippen MR) is 135 cm³/mol. The Labute approximate surface area is 206 Å². The van der Waals surface area contributed by atoms with Gasteiger partial charge in [-0.15, -0.1) is 11.3 Å². The Kier molecular flexibility index (Phi) is 5.06. The standard InChI is InChI=1S/C24H28N8O2S/c1-5-31-17(23(34)32(13-6-7-13)14-8-9-14)10-15-19-18(25-12-30(19)4)20(27-21(15)31)28-24-26-16(11-35-24)22(33)29(2)3/h10-14H,5-9H2,1-4H3,(H,26,27,28). The monoisotopic (exact) mass is 492 g/mol. The van der Waals surface area contributed by atoms with Crippen LogP contribution < -0.4 is 5.32 Å². The van der Waals surface area contributed by atoms with Gasteiger partial charge in [0.15, 0.2) is 10.9 Å². The van der Waals surface area contributed by atoms with Crippen LogP contribution >= 0.6 is 11.3 Å². The molecular weight excluding hydrogens is 464 g/mol. The lowest BCUT2D eigenvalue weighted by Crippen LogP contribution is -2.36. The van der Waals surface area contributed by atoms with Gasteiger partial charge < -0.3 is 24.3 Å². The minimum atomic E-state index is -0.153. The summed E-state index contributed by atoms with van der Waals surface area (Å²) in [6.45, 7) is 2.67. The van der Waals surface area contributed by atoms with Crippen molar-refractivity contribution in [2.45, 2.75) is 51.2 Å². The first-order valence-electron chi connectivity index (χ1n) is 12.0. The van der Waals surface area contributed by atoms with Crippen molar-refractivity contribution in [1.29, 1.82) is 0 Å². The van der Waals surface area contributed by atoms with Crippen LogP contribution in [0.3, 0.4) is 0 Å². The summed E-state index contributed by atoms with van der Waals surface area (Å²) < 4.78 is 3.97. The van der Waals surface area contributed by atoms with Gasteiger partial charge in [0.1, 0.15) is 22.6 Å². The molecule has 0 spiro atoms. The number of fused-ring (bicyclic) bond motifs is 3. The van der Waals surface area contributed by atoms with E-state index >= 15 is 0 Å². The number of carbonyl (C=O) groups excluding carboxylic acids is 2. The second-order valence-electron chi connectivity index (χ2n) is 9.56. The van der Waals surface area contributed by atoms with E-state index < -0.39 is 0 Å². The number of nitrogens with zero attached hydrogens (tertiary/aromatic N) is 7. The van der Waals surface area contributed by atoms with Crippen LogP contribution in [0.2, 0.25) is 0 Å². The zero-order valence-electron chi connectivity index (χ0n) is 20.3. The lowest BCUT2D eigenvalue weighted by atomic mass is 10.2. The normalized spacial score (nSPS) is 15.7. The van der Waals surface area contributed by atoms with Crippen molar-refractivity contribution in [2.24, 2.45) is 7.05 Å². The molecule has 0 unspecified atom stereocenters. The van der Waals surface area contributed by atoms with E-state index in [1.165, 1.54) is 16.2 Å². The third-order valence-corrected chi connectivity index (χ3v) is 7.47. The third kappa shape index (κ3) is 3.65. The van der Waals surface area contributed by atoms with E-state index in [0.717, 1.165) is 42.2 Å². The molecule has 10 nitrogen and oxygen atoms in total. The van der Waals surface area contributed by atoms with Gasteiger partial charge in [0.05, 0.1) is 11.8 Å². The smallest absolute Gasteiger partial charge is 0.272 e. The average Bonchev–Trinajstić information content (AvgIpc) is 3.74. The Morgan fingerprint density at radius 1 is 1.14 bits per heavy atom. The molecule has 2 aliphatic carbocycles. The van der Waals surface area contributed by atoms with Gasteiger partial charge in [0.25, 0.3) is 11.8 Å². The molecule has 2 fully saturated rings. The van der Waals surface area contributed by atoms with E-state index in [1.54, 1.807) is 25.8 Å². The molecule has 0 radical (unpaired) electrons. The first-order chi connectivity index (χ1) is 16.9. The summed E-state index contributed by atoms with van der Waals surface area (Å²) >= 11 is 1.34. The number of rotatable bonds is 7. The van der Waals surface area contributed by atoms with Crippen LogP contribution in [-0.2, 0) is 13.6 Å². The van der Waals surface area contributed by atoms with Gasteiger partial charge in [-0.2, -0.15) is 0 Å². The zero-order valence-corrected chi connectivity index (χ0v) is 21.1. The van der Waals surface area contributed by atoms with E-state index in [4.69, 9.17) is 4.98 Å². The molecule has 182 valence electrons. The van der Waals surface area contributed by atoms with E-state index in [9.17, 15) is 9.59 Å². The molecule has 2 amide bonds. The number of thiazole rings is 1. The van der Waals surface area contributed by atoms with Crippen LogP contribution in [0.5, 0.6) is 0 Å². The van der Waals surface area contributed by atoms with E-state index in [2.05, 4.69) is 20.2 Å². The van der Waals surface area contributed by atoms with Crippen LogP contribution in [0.1, 0.15) is 53.6 Å². The second kappa shape index (κ2) is 8.04. The van der Waals surface area contributed by atoms with Gasteiger partial charge in [-0.05, 0) is 38.7 Å². The molecule has 4 heterocycles. The van der Waals surface area contributed by atoms with Gasteiger partial charge in [0, 0.05) is 50.5 Å². The summed E-state index contributed by atoms with van der Waals surface area (Å²) in [6, 6.07) is 2.74. The molecular formula is C24H28N8O2S. The molecule has 0 aromatic carbocycles. The first-order valence-corrected chi connectivity index (χ1v) is 12.9. The second-order valence-corrected chi connectivity index (χ2v) is 10.4. The molecule has 0 atom stereocenters. The highest BCUT2D eigenvalue weighted by Crippen LogP contribution is 2.39. The fourth-order valence-corrected chi connectivity index (χ4v) is 5.41. The third-order valence-electron chi connectivity index (χ3n) is 6.71. The Morgan fingerprint density at radius 2 is 1.86 bits per heavy atom. The fourth-order valence-electron chi connectivity index (χ4n) is 4.73. The van der Waals surface area contributed by atoms with Gasteiger partial charge in [-0.25, -0.2) is 15.0 Å². The van der Waals surface area contributed by atoms with E-state index in [0.29, 0.717) is 46.5 Å². The summed E-state index contributed by atoms with van der Waals surface area (Å²) in [6.07, 6.45) is 6.14. The molecule has 1 N–H and O–H groups in total. The quantitative estimate of drug-likeness (QED) is 0.423. The highest BCUT2D eigenvalue weighted by atomic mass is 32.1. The van der Waals surface area contributed by atoms with Crippen LogP contribution in [0.25, 0.3) is 22.1 Å². The molecule has 0 aliphatic heterocycles. The average molecular weight is 493 g/mol. The number of anilines is 2. The van der Waals surface area contributed by atoms with E-state index in [1.807, 2.05) is 29.2 Å². The molecule has 11 heteroatoms. The maximum atomic E-state index is 13.7. The summed E-state index contributed by atoms with van der Waals surface area (Å²) in [5.41, 5.74) is 3.41. The number of amides is 2. The van der Waals surface area contributed by atoms with Crippen LogP contribution in [0.4, 0.5) is 10.9 Å². The Bertz CT molecular complexity index is 1460. The Morgan fingerprint density at radius 3 is 2.49 bits per heavy atom. The number of carbonyl (C=O) groups is 2. The SMILES string of the molecule is CCn1c(C(=O)N(C2CC2)C2CC2)cc2c3c(ncn3C)c(Nc3nc(C(=O)N(C)C)cs3)nc21. The number of hydrogen-bond acceptors (Lipinski definition) is 7. The minimum Gasteiger partial charge on any atom is -0.343 e. The Hall–Kier alpha value is -3.47. The highest BCUT2D eigenvalue weighted by Gasteiger charge is 2.43. The van der Waals surface area contributed by atoms with Crippen molar-refractivity contribution in [3.63, 3.8) is 0 Å². The van der Waals surface area contributed by atoms with Crippen molar-refractivity contribution in [1.82, 2.24) is 33.9 Å².